The van der Waals surface area contributed by atoms with E-state index in [0.717, 1.165) is 11.3 Å². The average Bonchev–Trinajstić information content (AvgIpc) is 2.62. The van der Waals surface area contributed by atoms with Crippen molar-refractivity contribution in [1.29, 1.82) is 0 Å². The Morgan fingerprint density at radius 2 is 1.59 bits per heavy atom. The minimum atomic E-state index is -0.134. The molecule has 3 aromatic rings. The van der Waals surface area contributed by atoms with Crippen LogP contribution in [0.3, 0.4) is 0 Å². The molecule has 1 heterocycles. The van der Waals surface area contributed by atoms with Crippen LogP contribution in [0.25, 0.3) is 11.3 Å². The molecule has 0 bridgehead atoms. The second-order valence-electron chi connectivity index (χ2n) is 4.85. The van der Waals surface area contributed by atoms with Gasteiger partial charge in [0.2, 0.25) is 0 Å². The first-order chi connectivity index (χ1) is 10.8. The highest BCUT2D eigenvalue weighted by molar-refractivity contribution is 6.09. The first-order valence-electron chi connectivity index (χ1n) is 6.96. The number of nitrogens with zero attached hydrogens (tertiary/aromatic N) is 3. The number of rotatable bonds is 3. The Hall–Kier alpha value is -3.01. The summed E-state index contributed by atoms with van der Waals surface area (Å²) >= 11 is 0. The molecule has 3 rings (SSSR count). The zero-order valence-electron chi connectivity index (χ0n) is 12.2. The lowest BCUT2D eigenvalue weighted by molar-refractivity contribution is 0.0993. The van der Waals surface area contributed by atoms with Crippen LogP contribution in [0.5, 0.6) is 0 Å². The van der Waals surface area contributed by atoms with Crippen LogP contribution in [0.4, 0.5) is 5.69 Å². The van der Waals surface area contributed by atoms with Gasteiger partial charge in [0.15, 0.2) is 0 Å². The molecule has 0 N–H and O–H groups in total. The number of hydrogen-bond donors (Lipinski definition) is 0. The van der Waals surface area contributed by atoms with Crippen molar-refractivity contribution in [3.8, 4) is 11.3 Å². The van der Waals surface area contributed by atoms with Gasteiger partial charge in [-0.25, -0.2) is 9.97 Å². The van der Waals surface area contributed by atoms with Crippen molar-refractivity contribution in [1.82, 2.24) is 9.97 Å². The van der Waals surface area contributed by atoms with Gasteiger partial charge in [0.1, 0.15) is 6.33 Å². The zero-order valence-corrected chi connectivity index (χ0v) is 12.2. The highest BCUT2D eigenvalue weighted by Gasteiger charge is 2.19. The van der Waals surface area contributed by atoms with Gasteiger partial charge in [0, 0.05) is 24.5 Å². The predicted octanol–water partition coefficient (Wildman–Crippen LogP) is 3.42. The van der Waals surface area contributed by atoms with Gasteiger partial charge >= 0.3 is 0 Å². The molecular formula is C18H15N3O. The average molecular weight is 289 g/mol. The molecule has 0 radical (unpaired) electrons. The van der Waals surface area contributed by atoms with Gasteiger partial charge in [-0.15, -0.1) is 0 Å². The summed E-state index contributed by atoms with van der Waals surface area (Å²) in [4.78, 5) is 22.7. The van der Waals surface area contributed by atoms with Crippen molar-refractivity contribution in [2.45, 2.75) is 0 Å². The number of amides is 1. The molecule has 1 amide bonds. The predicted molar refractivity (Wildman–Crippen MR) is 86.6 cm³/mol. The lowest BCUT2D eigenvalue weighted by Gasteiger charge is -2.18. The van der Waals surface area contributed by atoms with Crippen LogP contribution in [0.2, 0.25) is 0 Å². The van der Waals surface area contributed by atoms with Crippen molar-refractivity contribution in [2.75, 3.05) is 11.9 Å². The second kappa shape index (κ2) is 6.18. The Kier molecular flexibility index (Phi) is 3.92. The molecule has 108 valence electrons. The maximum absolute atomic E-state index is 12.8. The molecule has 4 heteroatoms. The van der Waals surface area contributed by atoms with Crippen molar-refractivity contribution < 1.29 is 4.79 Å². The smallest absolute Gasteiger partial charge is 0.261 e. The fourth-order valence-corrected chi connectivity index (χ4v) is 2.26. The first-order valence-corrected chi connectivity index (χ1v) is 6.96. The lowest BCUT2D eigenvalue weighted by Crippen LogP contribution is -2.27. The van der Waals surface area contributed by atoms with Gasteiger partial charge in [-0.2, -0.15) is 0 Å². The monoisotopic (exact) mass is 289 g/mol. The van der Waals surface area contributed by atoms with E-state index in [2.05, 4.69) is 9.97 Å². The van der Waals surface area contributed by atoms with E-state index >= 15 is 0 Å². The molecule has 0 spiro atoms. The van der Waals surface area contributed by atoms with Gasteiger partial charge in [-0.3, -0.25) is 4.79 Å². The standard InChI is InChI=1S/C18H15N3O/c1-21(15-10-6-3-7-11-15)18(22)16-12-19-13-20-17(16)14-8-4-2-5-9-14/h2-13H,1H3. The van der Waals surface area contributed by atoms with Crippen molar-refractivity contribution in [2.24, 2.45) is 0 Å². The van der Waals surface area contributed by atoms with E-state index in [1.54, 1.807) is 18.1 Å². The first kappa shape index (κ1) is 13.9. The van der Waals surface area contributed by atoms with E-state index in [9.17, 15) is 4.79 Å². The zero-order chi connectivity index (χ0) is 15.4. The Balaban J connectivity index is 2.01. The van der Waals surface area contributed by atoms with Gasteiger partial charge < -0.3 is 4.90 Å². The number of hydrogen-bond acceptors (Lipinski definition) is 3. The molecule has 0 unspecified atom stereocenters. The molecule has 0 atom stereocenters. The van der Waals surface area contributed by atoms with Crippen LogP contribution in [0, 0.1) is 0 Å². The van der Waals surface area contributed by atoms with Crippen molar-refractivity contribution in [3.05, 3.63) is 78.8 Å². The van der Waals surface area contributed by atoms with Crippen molar-refractivity contribution >= 4 is 11.6 Å². The van der Waals surface area contributed by atoms with Crippen LogP contribution in [-0.4, -0.2) is 22.9 Å². The van der Waals surface area contributed by atoms with Crippen LogP contribution in [0.15, 0.2) is 73.2 Å². The molecule has 2 aromatic carbocycles. The van der Waals surface area contributed by atoms with E-state index in [-0.39, 0.29) is 5.91 Å². The molecule has 4 nitrogen and oxygen atoms in total. The number of benzene rings is 2. The third kappa shape index (κ3) is 2.72. The fraction of sp³-hybridized carbons (Fsp3) is 0.0556. The van der Waals surface area contributed by atoms with E-state index in [1.807, 2.05) is 60.7 Å². The summed E-state index contributed by atoms with van der Waals surface area (Å²) in [5.41, 5.74) is 2.86. The largest absolute Gasteiger partial charge is 0.311 e. The maximum atomic E-state index is 12.8. The quantitative estimate of drug-likeness (QED) is 0.742. The SMILES string of the molecule is CN(C(=O)c1cncnc1-c1ccccc1)c1ccccc1. The maximum Gasteiger partial charge on any atom is 0.261 e. The van der Waals surface area contributed by atoms with E-state index < -0.39 is 0 Å². The number of carbonyl (C=O) groups excluding carboxylic acids is 1. The van der Waals surface area contributed by atoms with Crippen LogP contribution in [0.1, 0.15) is 10.4 Å². The highest BCUT2D eigenvalue weighted by atomic mass is 16.2. The summed E-state index contributed by atoms with van der Waals surface area (Å²) in [5, 5.41) is 0. The van der Waals surface area contributed by atoms with E-state index in [0.29, 0.717) is 11.3 Å². The summed E-state index contributed by atoms with van der Waals surface area (Å²) in [6.07, 6.45) is 3.03. The molecule has 0 aliphatic heterocycles. The summed E-state index contributed by atoms with van der Waals surface area (Å²) in [5.74, 6) is -0.134. The van der Waals surface area contributed by atoms with Gasteiger partial charge in [-0.1, -0.05) is 48.5 Å². The summed E-state index contributed by atoms with van der Waals surface area (Å²) < 4.78 is 0. The fourth-order valence-electron chi connectivity index (χ4n) is 2.26. The summed E-state index contributed by atoms with van der Waals surface area (Å²) in [6, 6.07) is 19.2. The van der Waals surface area contributed by atoms with Gasteiger partial charge in [0.05, 0.1) is 11.3 Å². The Morgan fingerprint density at radius 3 is 2.27 bits per heavy atom. The molecule has 0 saturated carbocycles. The van der Waals surface area contributed by atoms with Gasteiger partial charge in [0.25, 0.3) is 5.91 Å². The molecule has 1 aromatic heterocycles. The molecule has 0 saturated heterocycles. The molecule has 0 aliphatic carbocycles. The third-order valence-corrected chi connectivity index (χ3v) is 3.44. The Bertz CT molecular complexity index is 773. The summed E-state index contributed by atoms with van der Waals surface area (Å²) in [7, 11) is 1.75. The minimum Gasteiger partial charge on any atom is -0.311 e. The Labute approximate surface area is 129 Å². The molecular weight excluding hydrogens is 274 g/mol. The molecule has 22 heavy (non-hydrogen) atoms. The number of aromatic nitrogens is 2. The van der Waals surface area contributed by atoms with Crippen LogP contribution >= 0.6 is 0 Å². The van der Waals surface area contributed by atoms with Crippen LogP contribution < -0.4 is 4.90 Å². The van der Waals surface area contributed by atoms with E-state index in [1.165, 1.54) is 6.33 Å². The highest BCUT2D eigenvalue weighted by Crippen LogP contribution is 2.23. The number of carbonyl (C=O) groups is 1. The Morgan fingerprint density at radius 1 is 0.955 bits per heavy atom. The van der Waals surface area contributed by atoms with Gasteiger partial charge in [-0.05, 0) is 12.1 Å². The summed E-state index contributed by atoms with van der Waals surface area (Å²) in [6.45, 7) is 0. The normalized spacial score (nSPS) is 10.2. The lowest BCUT2D eigenvalue weighted by atomic mass is 10.1. The molecule has 0 aliphatic rings. The molecule has 0 fully saturated rings. The third-order valence-electron chi connectivity index (χ3n) is 3.44. The number of para-hydroxylation sites is 1. The van der Waals surface area contributed by atoms with Crippen LogP contribution in [-0.2, 0) is 0 Å². The van der Waals surface area contributed by atoms with E-state index in [4.69, 9.17) is 0 Å². The topological polar surface area (TPSA) is 46.1 Å². The number of anilines is 1. The second-order valence-corrected chi connectivity index (χ2v) is 4.85. The minimum absolute atomic E-state index is 0.134. The van der Waals surface area contributed by atoms with Crippen molar-refractivity contribution in [3.63, 3.8) is 0 Å².